The average Bonchev–Trinajstić information content (AvgIpc) is 2.39. The molecule has 0 amide bonds. The number of hydrogen-bond donors (Lipinski definition) is 1. The largest absolute Gasteiger partial charge is 0.396 e. The van der Waals surface area contributed by atoms with Crippen molar-refractivity contribution < 1.29 is 9.94 Å². The normalized spacial score (nSPS) is 15.2. The van der Waals surface area contributed by atoms with Crippen LogP contribution in [0.5, 0.6) is 0 Å². The molecule has 2 atom stereocenters. The van der Waals surface area contributed by atoms with Gasteiger partial charge in [-0.05, 0) is 25.8 Å². The Balaban J connectivity index is 2.47. The van der Waals surface area contributed by atoms with Gasteiger partial charge < -0.3 is 5.11 Å². The van der Waals surface area contributed by atoms with Crippen LogP contribution >= 0.6 is 0 Å². The maximum atomic E-state index is 8.70. The molecule has 0 heterocycles. The van der Waals surface area contributed by atoms with Crippen molar-refractivity contribution in [3.63, 3.8) is 0 Å². The first kappa shape index (κ1) is 14.9. The summed E-state index contributed by atoms with van der Waals surface area (Å²) in [5.74, 6) is 0. The van der Waals surface area contributed by atoms with Gasteiger partial charge in [0.2, 0.25) is 0 Å². The molecule has 0 spiro atoms. The van der Waals surface area contributed by atoms with Crippen LogP contribution in [0.3, 0.4) is 0 Å². The molecule has 0 radical (unpaired) electrons. The number of hydrogen-bond acceptors (Lipinski definition) is 3. The minimum atomic E-state index is 0.00714. The van der Waals surface area contributed by atoms with E-state index in [1.54, 1.807) is 0 Å². The van der Waals surface area contributed by atoms with Gasteiger partial charge in [-0.15, -0.1) is 0 Å². The molecule has 0 saturated heterocycles. The lowest BCUT2D eigenvalue weighted by atomic mass is 10.1. The first-order valence-corrected chi connectivity index (χ1v) is 6.37. The van der Waals surface area contributed by atoms with E-state index >= 15 is 0 Å². The summed E-state index contributed by atoms with van der Waals surface area (Å²) in [6.45, 7) is 4.28. The Bertz CT molecular complexity index is 351. The predicted octanol–water partition coefficient (Wildman–Crippen LogP) is 2.94. The molecule has 18 heavy (non-hydrogen) atoms. The zero-order valence-corrected chi connectivity index (χ0v) is 11.4. The Morgan fingerprint density at radius 2 is 1.94 bits per heavy atom. The summed E-state index contributed by atoms with van der Waals surface area (Å²) in [7, 11) is 1.94. The first-order chi connectivity index (χ1) is 8.65. The van der Waals surface area contributed by atoms with Gasteiger partial charge in [-0.2, -0.15) is 5.06 Å². The highest BCUT2D eigenvalue weighted by Crippen LogP contribution is 2.19. The van der Waals surface area contributed by atoms with Crippen molar-refractivity contribution in [1.29, 1.82) is 0 Å². The Labute approximate surface area is 110 Å². The van der Waals surface area contributed by atoms with Crippen LogP contribution < -0.4 is 0 Å². The third-order valence-corrected chi connectivity index (χ3v) is 2.86. The van der Waals surface area contributed by atoms with Gasteiger partial charge in [0.25, 0.3) is 0 Å². The van der Waals surface area contributed by atoms with Crippen molar-refractivity contribution in [1.82, 2.24) is 5.06 Å². The summed E-state index contributed by atoms with van der Waals surface area (Å²) in [5.41, 5.74) is 1.23. The average molecular weight is 249 g/mol. The third-order valence-electron chi connectivity index (χ3n) is 2.86. The van der Waals surface area contributed by atoms with Crippen LogP contribution in [0.25, 0.3) is 0 Å². The highest BCUT2D eigenvalue weighted by atomic mass is 16.7. The zero-order valence-electron chi connectivity index (χ0n) is 11.4. The number of aliphatic hydroxyl groups excluding tert-OH is 1. The van der Waals surface area contributed by atoms with E-state index < -0.39 is 0 Å². The molecule has 0 fully saturated rings. The standard InChI is InChI=1S/C15H23NO2/c1-13(9-7-8-12-17)18-16(3)14(2)15-10-5-4-6-11-15/h4-7,9-11,13-14,17H,8,12H2,1-3H3/b9-7+/t13-,14-/m1/s1. The SMILES string of the molecule is C[C@H](/C=C/CCO)ON(C)[C@H](C)c1ccccc1. The van der Waals surface area contributed by atoms with Crippen LogP contribution in [-0.2, 0) is 4.84 Å². The molecule has 1 rings (SSSR count). The quantitative estimate of drug-likeness (QED) is 0.595. The van der Waals surface area contributed by atoms with E-state index in [2.05, 4.69) is 19.1 Å². The molecule has 0 aliphatic carbocycles. The number of rotatable bonds is 7. The van der Waals surface area contributed by atoms with E-state index in [4.69, 9.17) is 9.94 Å². The van der Waals surface area contributed by atoms with E-state index in [0.29, 0.717) is 6.42 Å². The molecule has 0 aliphatic rings. The fourth-order valence-electron chi connectivity index (χ4n) is 1.69. The fourth-order valence-corrected chi connectivity index (χ4v) is 1.69. The maximum absolute atomic E-state index is 8.70. The summed E-state index contributed by atoms with van der Waals surface area (Å²) in [6, 6.07) is 10.5. The molecular weight excluding hydrogens is 226 g/mol. The second kappa shape index (κ2) is 8.03. The second-order valence-corrected chi connectivity index (χ2v) is 4.38. The van der Waals surface area contributed by atoms with Crippen LogP contribution in [0.1, 0.15) is 31.9 Å². The molecule has 0 unspecified atom stereocenters. The van der Waals surface area contributed by atoms with E-state index in [1.807, 2.05) is 49.4 Å². The molecule has 1 aromatic carbocycles. The van der Waals surface area contributed by atoms with Gasteiger partial charge in [0.15, 0.2) is 0 Å². The number of benzene rings is 1. The molecule has 1 N–H and O–H groups in total. The molecule has 3 heteroatoms. The monoisotopic (exact) mass is 249 g/mol. The van der Waals surface area contributed by atoms with Crippen molar-refractivity contribution in [3.05, 3.63) is 48.0 Å². The van der Waals surface area contributed by atoms with Crippen molar-refractivity contribution in [2.75, 3.05) is 13.7 Å². The smallest absolute Gasteiger partial charge is 0.0946 e. The van der Waals surface area contributed by atoms with E-state index in [-0.39, 0.29) is 18.8 Å². The molecule has 0 aliphatic heterocycles. The summed E-state index contributed by atoms with van der Waals surface area (Å²) < 4.78 is 0. The molecule has 3 nitrogen and oxygen atoms in total. The van der Waals surface area contributed by atoms with Crippen molar-refractivity contribution in [3.8, 4) is 0 Å². The van der Waals surface area contributed by atoms with Gasteiger partial charge in [-0.3, -0.25) is 4.84 Å². The van der Waals surface area contributed by atoms with Crippen LogP contribution in [0.2, 0.25) is 0 Å². The van der Waals surface area contributed by atoms with Crippen LogP contribution in [0.4, 0.5) is 0 Å². The van der Waals surface area contributed by atoms with Gasteiger partial charge in [0, 0.05) is 13.7 Å². The molecule has 0 aromatic heterocycles. The summed E-state index contributed by atoms with van der Waals surface area (Å²) in [4.78, 5) is 5.78. The number of aliphatic hydroxyl groups is 1. The second-order valence-electron chi connectivity index (χ2n) is 4.38. The van der Waals surface area contributed by atoms with Gasteiger partial charge in [-0.25, -0.2) is 0 Å². The predicted molar refractivity (Wildman–Crippen MR) is 74.0 cm³/mol. The lowest BCUT2D eigenvalue weighted by molar-refractivity contribution is -0.185. The Kier molecular flexibility index (Phi) is 6.65. The van der Waals surface area contributed by atoms with Crippen LogP contribution in [-0.4, -0.2) is 29.9 Å². The maximum Gasteiger partial charge on any atom is 0.0946 e. The van der Waals surface area contributed by atoms with Gasteiger partial charge >= 0.3 is 0 Å². The van der Waals surface area contributed by atoms with Gasteiger partial charge in [0.05, 0.1) is 12.1 Å². The Hall–Kier alpha value is -1.16. The Morgan fingerprint density at radius 3 is 2.56 bits per heavy atom. The van der Waals surface area contributed by atoms with E-state index in [1.165, 1.54) is 5.56 Å². The zero-order chi connectivity index (χ0) is 13.4. The summed E-state index contributed by atoms with van der Waals surface area (Å²) >= 11 is 0. The molecule has 100 valence electrons. The first-order valence-electron chi connectivity index (χ1n) is 6.37. The van der Waals surface area contributed by atoms with Crippen molar-refractivity contribution in [2.24, 2.45) is 0 Å². The topological polar surface area (TPSA) is 32.7 Å². The highest BCUT2D eigenvalue weighted by Gasteiger charge is 2.13. The molecule has 0 bridgehead atoms. The van der Waals surface area contributed by atoms with Crippen LogP contribution in [0, 0.1) is 0 Å². The lowest BCUT2D eigenvalue weighted by Crippen LogP contribution is -2.26. The highest BCUT2D eigenvalue weighted by molar-refractivity contribution is 5.17. The minimum absolute atomic E-state index is 0.00714. The summed E-state index contributed by atoms with van der Waals surface area (Å²) in [5, 5.41) is 10.6. The van der Waals surface area contributed by atoms with Crippen molar-refractivity contribution >= 4 is 0 Å². The van der Waals surface area contributed by atoms with E-state index in [0.717, 1.165) is 0 Å². The minimum Gasteiger partial charge on any atom is -0.396 e. The lowest BCUT2D eigenvalue weighted by Gasteiger charge is -2.26. The summed E-state index contributed by atoms with van der Waals surface area (Å²) in [6.07, 6.45) is 4.58. The number of nitrogens with zero attached hydrogens (tertiary/aromatic N) is 1. The van der Waals surface area contributed by atoms with Crippen molar-refractivity contribution in [2.45, 2.75) is 32.4 Å². The van der Waals surface area contributed by atoms with Crippen LogP contribution in [0.15, 0.2) is 42.5 Å². The number of hydroxylamine groups is 2. The molecule has 0 saturated carbocycles. The molecule has 1 aromatic rings. The molecular formula is C15H23NO2. The Morgan fingerprint density at radius 1 is 1.28 bits per heavy atom. The third kappa shape index (κ3) is 5.00. The van der Waals surface area contributed by atoms with E-state index in [9.17, 15) is 0 Å². The fraction of sp³-hybridized carbons (Fsp3) is 0.467. The van der Waals surface area contributed by atoms with Gasteiger partial charge in [-0.1, -0.05) is 42.5 Å². The van der Waals surface area contributed by atoms with Gasteiger partial charge in [0.1, 0.15) is 0 Å².